The van der Waals surface area contributed by atoms with Crippen molar-refractivity contribution in [1.29, 1.82) is 0 Å². The molecule has 1 aliphatic heterocycles. The van der Waals surface area contributed by atoms with E-state index in [-0.39, 0.29) is 0 Å². The summed E-state index contributed by atoms with van der Waals surface area (Å²) in [6, 6.07) is 8.79. The average Bonchev–Trinajstić information content (AvgIpc) is 2.79. The molecule has 0 spiro atoms. The van der Waals surface area contributed by atoms with Gasteiger partial charge in [-0.15, -0.1) is 11.3 Å². The summed E-state index contributed by atoms with van der Waals surface area (Å²) in [5.74, 6) is 0. The summed E-state index contributed by atoms with van der Waals surface area (Å²) >= 11 is 1.93. The fraction of sp³-hybridized carbons (Fsp3) is 0.500. The smallest absolute Gasteiger partial charge is 0.0349 e. The van der Waals surface area contributed by atoms with Crippen LogP contribution in [0.25, 0.3) is 10.1 Å². The monoisotopic (exact) mass is 274 g/mol. The summed E-state index contributed by atoms with van der Waals surface area (Å²) in [7, 11) is 0. The van der Waals surface area contributed by atoms with Gasteiger partial charge in [-0.2, -0.15) is 0 Å². The van der Waals surface area contributed by atoms with E-state index in [9.17, 15) is 0 Å². The van der Waals surface area contributed by atoms with Gasteiger partial charge in [0.15, 0.2) is 0 Å². The number of hydrogen-bond acceptors (Lipinski definition) is 3. The molecule has 2 heterocycles. The van der Waals surface area contributed by atoms with Gasteiger partial charge in [0.1, 0.15) is 0 Å². The number of hydrogen-bond donors (Lipinski definition) is 1. The molecule has 1 aromatic carbocycles. The Morgan fingerprint density at radius 3 is 2.68 bits per heavy atom. The SMILES string of the molecule is NCCc1sc2ccccc2c1CN1CCCCC1. The van der Waals surface area contributed by atoms with Crippen molar-refractivity contribution < 1.29 is 0 Å². The zero-order valence-corrected chi connectivity index (χ0v) is 12.2. The van der Waals surface area contributed by atoms with Crippen molar-refractivity contribution in [3.63, 3.8) is 0 Å². The third-order valence-electron chi connectivity index (χ3n) is 3.98. The normalized spacial score (nSPS) is 17.1. The molecule has 2 N–H and O–H groups in total. The molecule has 0 bridgehead atoms. The molecule has 1 fully saturated rings. The van der Waals surface area contributed by atoms with Gasteiger partial charge in [-0.3, -0.25) is 4.90 Å². The van der Waals surface area contributed by atoms with Crippen LogP contribution in [0.4, 0.5) is 0 Å². The summed E-state index contributed by atoms with van der Waals surface area (Å²) in [6.45, 7) is 4.37. The number of thiophene rings is 1. The highest BCUT2D eigenvalue weighted by Gasteiger charge is 2.16. The van der Waals surface area contributed by atoms with Crippen LogP contribution in [0.15, 0.2) is 24.3 Å². The van der Waals surface area contributed by atoms with Gasteiger partial charge < -0.3 is 5.73 Å². The highest BCUT2D eigenvalue weighted by atomic mass is 32.1. The van der Waals surface area contributed by atoms with E-state index in [2.05, 4.69) is 29.2 Å². The van der Waals surface area contributed by atoms with Crippen LogP contribution >= 0.6 is 11.3 Å². The third kappa shape index (κ3) is 2.83. The van der Waals surface area contributed by atoms with Crippen molar-refractivity contribution in [2.24, 2.45) is 5.73 Å². The minimum absolute atomic E-state index is 0.750. The van der Waals surface area contributed by atoms with Crippen LogP contribution in [0.1, 0.15) is 29.7 Å². The maximum absolute atomic E-state index is 5.78. The first kappa shape index (κ1) is 13.1. The Bertz CT molecular complexity index is 541. The minimum Gasteiger partial charge on any atom is -0.330 e. The zero-order chi connectivity index (χ0) is 13.1. The minimum atomic E-state index is 0.750. The second-order valence-corrected chi connectivity index (χ2v) is 6.51. The van der Waals surface area contributed by atoms with E-state index in [1.165, 1.54) is 52.9 Å². The van der Waals surface area contributed by atoms with Gasteiger partial charge in [0, 0.05) is 16.1 Å². The van der Waals surface area contributed by atoms with Crippen LogP contribution in [0.3, 0.4) is 0 Å². The fourth-order valence-electron chi connectivity index (χ4n) is 3.00. The Labute approximate surface area is 119 Å². The summed E-state index contributed by atoms with van der Waals surface area (Å²) in [5.41, 5.74) is 7.31. The van der Waals surface area contributed by atoms with E-state index in [0.29, 0.717) is 0 Å². The van der Waals surface area contributed by atoms with Gasteiger partial charge in [-0.25, -0.2) is 0 Å². The molecular formula is C16H22N2S. The molecule has 0 radical (unpaired) electrons. The summed E-state index contributed by atoms with van der Waals surface area (Å²) in [4.78, 5) is 4.10. The highest BCUT2D eigenvalue weighted by molar-refractivity contribution is 7.19. The van der Waals surface area contributed by atoms with Crippen LogP contribution in [-0.2, 0) is 13.0 Å². The van der Waals surface area contributed by atoms with Crippen LogP contribution in [0, 0.1) is 0 Å². The summed E-state index contributed by atoms with van der Waals surface area (Å²) < 4.78 is 1.41. The van der Waals surface area contributed by atoms with Gasteiger partial charge in [0.2, 0.25) is 0 Å². The summed E-state index contributed by atoms with van der Waals surface area (Å²) in [6.07, 6.45) is 5.13. The maximum Gasteiger partial charge on any atom is 0.0349 e. The lowest BCUT2D eigenvalue weighted by atomic mass is 10.1. The van der Waals surface area contributed by atoms with E-state index in [1.807, 2.05) is 11.3 Å². The average molecular weight is 274 g/mol. The Hall–Kier alpha value is -0.900. The number of piperidine rings is 1. The Balaban J connectivity index is 1.92. The lowest BCUT2D eigenvalue weighted by molar-refractivity contribution is 0.221. The first-order valence-corrected chi connectivity index (χ1v) is 8.12. The molecular weight excluding hydrogens is 252 g/mol. The first-order chi connectivity index (χ1) is 9.38. The largest absolute Gasteiger partial charge is 0.330 e. The van der Waals surface area contributed by atoms with Gasteiger partial charge >= 0.3 is 0 Å². The predicted octanol–water partition coefficient (Wildman–Crippen LogP) is 3.39. The van der Waals surface area contributed by atoms with Crippen molar-refractivity contribution in [1.82, 2.24) is 4.90 Å². The fourth-order valence-corrected chi connectivity index (χ4v) is 4.23. The first-order valence-electron chi connectivity index (χ1n) is 7.30. The van der Waals surface area contributed by atoms with Crippen molar-refractivity contribution in [2.45, 2.75) is 32.2 Å². The molecule has 3 heteroatoms. The standard InChI is InChI=1S/C16H22N2S/c17-9-8-16-14(12-18-10-4-1-5-11-18)13-6-2-3-7-15(13)19-16/h2-3,6-7H,1,4-5,8-12,17H2. The second kappa shape index (κ2) is 6.04. The van der Waals surface area contributed by atoms with E-state index in [4.69, 9.17) is 5.73 Å². The number of likely N-dealkylation sites (tertiary alicyclic amines) is 1. The lowest BCUT2D eigenvalue weighted by Gasteiger charge is -2.26. The Kier molecular flexibility index (Phi) is 4.16. The van der Waals surface area contributed by atoms with Gasteiger partial charge in [0.25, 0.3) is 0 Å². The number of benzene rings is 1. The highest BCUT2D eigenvalue weighted by Crippen LogP contribution is 2.33. The van der Waals surface area contributed by atoms with E-state index < -0.39 is 0 Å². The molecule has 0 unspecified atom stereocenters. The molecule has 0 saturated carbocycles. The molecule has 1 aromatic heterocycles. The van der Waals surface area contributed by atoms with Gasteiger partial charge in [-0.05, 0) is 55.9 Å². The quantitative estimate of drug-likeness (QED) is 0.926. The van der Waals surface area contributed by atoms with Crippen LogP contribution in [0.2, 0.25) is 0 Å². The van der Waals surface area contributed by atoms with Crippen molar-refractivity contribution in [3.8, 4) is 0 Å². The number of rotatable bonds is 4. The Morgan fingerprint density at radius 1 is 1.11 bits per heavy atom. The number of fused-ring (bicyclic) bond motifs is 1. The van der Waals surface area contributed by atoms with E-state index in [0.717, 1.165) is 19.5 Å². The Morgan fingerprint density at radius 2 is 1.89 bits per heavy atom. The van der Waals surface area contributed by atoms with Crippen molar-refractivity contribution in [3.05, 3.63) is 34.7 Å². The molecule has 0 atom stereocenters. The molecule has 2 nitrogen and oxygen atoms in total. The van der Waals surface area contributed by atoms with E-state index in [1.54, 1.807) is 0 Å². The topological polar surface area (TPSA) is 29.3 Å². The van der Waals surface area contributed by atoms with Crippen LogP contribution in [-0.4, -0.2) is 24.5 Å². The molecule has 19 heavy (non-hydrogen) atoms. The van der Waals surface area contributed by atoms with Crippen molar-refractivity contribution in [2.75, 3.05) is 19.6 Å². The maximum atomic E-state index is 5.78. The molecule has 1 saturated heterocycles. The van der Waals surface area contributed by atoms with E-state index >= 15 is 0 Å². The molecule has 0 amide bonds. The van der Waals surface area contributed by atoms with Gasteiger partial charge in [-0.1, -0.05) is 24.6 Å². The predicted molar refractivity (Wildman–Crippen MR) is 83.7 cm³/mol. The lowest BCUT2D eigenvalue weighted by Crippen LogP contribution is -2.29. The molecule has 1 aliphatic rings. The summed E-state index contributed by atoms with van der Waals surface area (Å²) in [5, 5.41) is 1.45. The van der Waals surface area contributed by atoms with Crippen LogP contribution in [0.5, 0.6) is 0 Å². The molecule has 3 rings (SSSR count). The van der Waals surface area contributed by atoms with Crippen molar-refractivity contribution >= 4 is 21.4 Å². The third-order valence-corrected chi connectivity index (χ3v) is 5.26. The van der Waals surface area contributed by atoms with Gasteiger partial charge in [0.05, 0.1) is 0 Å². The molecule has 102 valence electrons. The molecule has 2 aromatic rings. The second-order valence-electron chi connectivity index (χ2n) is 5.38. The number of nitrogens with two attached hydrogens (primary N) is 1. The van der Waals surface area contributed by atoms with Crippen LogP contribution < -0.4 is 5.73 Å². The molecule has 0 aliphatic carbocycles. The number of nitrogens with zero attached hydrogens (tertiary/aromatic N) is 1. The zero-order valence-electron chi connectivity index (χ0n) is 11.4.